The van der Waals surface area contributed by atoms with Gasteiger partial charge in [0.05, 0.1) is 0 Å². The largest absolute Gasteiger partial charge is 0.291 e. The summed E-state index contributed by atoms with van der Waals surface area (Å²) in [6.45, 7) is 2.50. The maximum absolute atomic E-state index is 9.79. The molecule has 0 saturated heterocycles. The van der Waals surface area contributed by atoms with Gasteiger partial charge in [0.25, 0.3) is 0 Å². The number of Topliss-reactive ketones (excluding diaryl/α,β-unsaturated/α-hetero) is 2. The molecule has 0 bridgehead atoms. The van der Waals surface area contributed by atoms with E-state index in [1.807, 2.05) is 0 Å². The van der Waals surface area contributed by atoms with Crippen LogP contribution in [-0.2, 0) is 9.59 Å². The van der Waals surface area contributed by atoms with Gasteiger partial charge in [0.1, 0.15) is 0 Å². The van der Waals surface area contributed by atoms with Crippen molar-refractivity contribution in [2.75, 3.05) is 0 Å². The summed E-state index contributed by atoms with van der Waals surface area (Å²) in [6.07, 6.45) is 0. The molecule has 0 aliphatic rings. The fourth-order valence-corrected chi connectivity index (χ4v) is 0. The molecule has 0 aromatic heterocycles. The van der Waals surface area contributed by atoms with Gasteiger partial charge in [-0.25, -0.2) is 0 Å². The van der Waals surface area contributed by atoms with Crippen molar-refractivity contribution < 1.29 is 9.59 Å². The molecule has 0 heterocycles. The highest BCUT2D eigenvalue weighted by atomic mass is 16.2. The van der Waals surface area contributed by atoms with Crippen molar-refractivity contribution >= 4 is 11.6 Å². The molecule has 0 unspecified atom stereocenters. The molecular weight excluding hydrogens is 92.1 g/mol. The van der Waals surface area contributed by atoms with Crippen LogP contribution >= 0.6 is 0 Å². The molecule has 42 valence electrons. The summed E-state index contributed by atoms with van der Waals surface area (Å²) < 4.78 is 0. The Balaban J connectivity index is 0. The third-order valence-electron chi connectivity index (χ3n) is 0.496. The van der Waals surface area contributed by atoms with Crippen LogP contribution in [0.25, 0.3) is 0 Å². The van der Waals surface area contributed by atoms with Gasteiger partial charge in [-0.1, -0.05) is 7.43 Å². The van der Waals surface area contributed by atoms with Gasteiger partial charge in [-0.15, -0.1) is 0 Å². The Hall–Kier alpha value is -0.660. The van der Waals surface area contributed by atoms with E-state index in [1.54, 1.807) is 0 Å². The summed E-state index contributed by atoms with van der Waals surface area (Å²) in [5.41, 5.74) is 0. The summed E-state index contributed by atoms with van der Waals surface area (Å²) in [6, 6.07) is 0. The topological polar surface area (TPSA) is 34.1 Å². The molecule has 7 heavy (non-hydrogen) atoms. The van der Waals surface area contributed by atoms with E-state index in [9.17, 15) is 9.59 Å². The highest BCUT2D eigenvalue weighted by Crippen LogP contribution is 1.66. The second-order valence-corrected chi connectivity index (χ2v) is 1.11. The molecule has 0 amide bonds. The van der Waals surface area contributed by atoms with Gasteiger partial charge < -0.3 is 0 Å². The molecule has 0 aliphatic heterocycles. The molecule has 0 fully saturated rings. The van der Waals surface area contributed by atoms with Crippen LogP contribution in [0.2, 0.25) is 0 Å². The molecule has 0 N–H and O–H groups in total. The van der Waals surface area contributed by atoms with E-state index in [0.29, 0.717) is 0 Å². The van der Waals surface area contributed by atoms with Crippen molar-refractivity contribution in [3.63, 3.8) is 0 Å². The van der Waals surface area contributed by atoms with Crippen molar-refractivity contribution in [3.05, 3.63) is 0 Å². The minimum absolute atomic E-state index is 0. The average Bonchev–Trinajstić information content (AvgIpc) is 1.36. The Morgan fingerprint density at radius 2 is 1.14 bits per heavy atom. The van der Waals surface area contributed by atoms with Crippen molar-refractivity contribution in [1.29, 1.82) is 0 Å². The Labute approximate surface area is 43.5 Å². The summed E-state index contributed by atoms with van der Waals surface area (Å²) >= 11 is 0. The molecule has 0 aliphatic carbocycles. The fourth-order valence-electron chi connectivity index (χ4n) is 0. The molecule has 2 nitrogen and oxygen atoms in total. The van der Waals surface area contributed by atoms with Crippen molar-refractivity contribution in [1.82, 2.24) is 0 Å². The maximum atomic E-state index is 9.79. The minimum atomic E-state index is -0.380. The normalized spacial score (nSPS) is 6.57. The van der Waals surface area contributed by atoms with Crippen LogP contribution in [0, 0.1) is 0 Å². The Kier molecular flexibility index (Phi) is 4.84. The summed E-state index contributed by atoms with van der Waals surface area (Å²) in [4.78, 5) is 19.6. The lowest BCUT2D eigenvalue weighted by molar-refractivity contribution is -0.134. The quantitative estimate of drug-likeness (QED) is 0.459. The van der Waals surface area contributed by atoms with Crippen LogP contribution in [0.1, 0.15) is 21.3 Å². The molecule has 2 heteroatoms. The molecule has 0 atom stereocenters. The average molecular weight is 102 g/mol. The molecule has 0 rings (SSSR count). The van der Waals surface area contributed by atoms with Gasteiger partial charge in [0, 0.05) is 13.8 Å². The second kappa shape index (κ2) is 3.53. The van der Waals surface area contributed by atoms with Gasteiger partial charge in [0.15, 0.2) is 11.6 Å². The molecule has 0 saturated carbocycles. The van der Waals surface area contributed by atoms with Gasteiger partial charge in [0.2, 0.25) is 0 Å². The zero-order valence-electron chi connectivity index (χ0n) is 3.82. The number of carbonyl (C=O) groups excluding carboxylic acids is 2. The van der Waals surface area contributed by atoms with E-state index in [-0.39, 0.29) is 19.0 Å². The highest BCUT2D eigenvalue weighted by molar-refractivity contribution is 6.35. The first-order valence-corrected chi connectivity index (χ1v) is 1.66. The monoisotopic (exact) mass is 102 g/mol. The van der Waals surface area contributed by atoms with Crippen LogP contribution in [0.4, 0.5) is 0 Å². The maximum Gasteiger partial charge on any atom is 0.195 e. The molecule has 0 radical (unpaired) electrons. The van der Waals surface area contributed by atoms with Gasteiger partial charge in [-0.05, 0) is 0 Å². The molecule has 0 aromatic rings. The number of ketones is 2. The van der Waals surface area contributed by atoms with E-state index in [2.05, 4.69) is 0 Å². The Morgan fingerprint density at radius 1 is 1.00 bits per heavy atom. The zero-order valence-corrected chi connectivity index (χ0v) is 3.82. The third kappa shape index (κ3) is 5.34. The standard InChI is InChI=1S/C4H6O2.CH4/c1-3(5)4(2)6;/h1-2H3;1H4. The third-order valence-corrected chi connectivity index (χ3v) is 0.496. The predicted molar refractivity (Wildman–Crippen MR) is 28.1 cm³/mol. The molecule has 0 spiro atoms. The zero-order chi connectivity index (χ0) is 5.15. The Morgan fingerprint density at radius 3 is 1.14 bits per heavy atom. The summed E-state index contributed by atoms with van der Waals surface area (Å²) in [5, 5.41) is 0. The number of rotatable bonds is 1. The van der Waals surface area contributed by atoms with Gasteiger partial charge >= 0.3 is 0 Å². The Bertz CT molecular complexity index is 72.1. The van der Waals surface area contributed by atoms with E-state index >= 15 is 0 Å². The lowest BCUT2D eigenvalue weighted by atomic mass is 10.3. The SMILES string of the molecule is C.CC(=O)C(C)=O. The fraction of sp³-hybridized carbons (Fsp3) is 0.600. The smallest absolute Gasteiger partial charge is 0.195 e. The van der Waals surface area contributed by atoms with Gasteiger partial charge in [-0.2, -0.15) is 0 Å². The van der Waals surface area contributed by atoms with E-state index < -0.39 is 0 Å². The first kappa shape index (κ1) is 9.60. The van der Waals surface area contributed by atoms with Crippen LogP contribution in [0.5, 0.6) is 0 Å². The van der Waals surface area contributed by atoms with E-state index in [0.717, 1.165) is 0 Å². The second-order valence-electron chi connectivity index (χ2n) is 1.11. The lowest BCUT2D eigenvalue weighted by Crippen LogP contribution is -2.01. The highest BCUT2D eigenvalue weighted by Gasteiger charge is 1.94. The minimum Gasteiger partial charge on any atom is -0.291 e. The predicted octanol–water partition coefficient (Wildman–Crippen LogP) is 0.800. The molecular formula is C5H10O2. The lowest BCUT2D eigenvalue weighted by Gasteiger charge is -1.73. The number of hydrogen-bond donors (Lipinski definition) is 0. The van der Waals surface area contributed by atoms with Crippen LogP contribution < -0.4 is 0 Å². The van der Waals surface area contributed by atoms with E-state index in [4.69, 9.17) is 0 Å². The first-order valence-electron chi connectivity index (χ1n) is 1.66. The van der Waals surface area contributed by atoms with Crippen molar-refractivity contribution in [2.45, 2.75) is 21.3 Å². The van der Waals surface area contributed by atoms with Crippen molar-refractivity contribution in [3.8, 4) is 0 Å². The first-order chi connectivity index (χ1) is 2.64. The number of carbonyl (C=O) groups is 2. The van der Waals surface area contributed by atoms with Crippen LogP contribution in [0.3, 0.4) is 0 Å². The summed E-state index contributed by atoms with van der Waals surface area (Å²) in [7, 11) is 0. The van der Waals surface area contributed by atoms with Crippen LogP contribution in [0.15, 0.2) is 0 Å². The summed E-state index contributed by atoms with van der Waals surface area (Å²) in [5.74, 6) is -0.759. The van der Waals surface area contributed by atoms with Crippen molar-refractivity contribution in [2.24, 2.45) is 0 Å². The van der Waals surface area contributed by atoms with Crippen LogP contribution in [-0.4, -0.2) is 11.6 Å². The molecule has 0 aromatic carbocycles. The van der Waals surface area contributed by atoms with Gasteiger partial charge in [-0.3, -0.25) is 9.59 Å². The van der Waals surface area contributed by atoms with E-state index in [1.165, 1.54) is 13.8 Å². The number of hydrogen-bond acceptors (Lipinski definition) is 2.